The van der Waals surface area contributed by atoms with E-state index in [0.717, 1.165) is 5.69 Å². The molecule has 0 radical (unpaired) electrons. The summed E-state index contributed by atoms with van der Waals surface area (Å²) >= 11 is 0. The molecule has 4 heteroatoms. The molecular weight excluding hydrogens is 252 g/mol. The first-order chi connectivity index (χ1) is 9.47. The van der Waals surface area contributed by atoms with Crippen LogP contribution >= 0.6 is 0 Å². The highest BCUT2D eigenvalue weighted by Crippen LogP contribution is 2.20. The van der Waals surface area contributed by atoms with Crippen molar-refractivity contribution in [3.8, 4) is 0 Å². The minimum atomic E-state index is -0.961. The zero-order valence-corrected chi connectivity index (χ0v) is 11.6. The molecule has 0 aliphatic carbocycles. The normalized spacial score (nSPS) is 11.2. The van der Waals surface area contributed by atoms with Crippen molar-refractivity contribution in [2.75, 3.05) is 0 Å². The predicted molar refractivity (Wildman–Crippen MR) is 77.1 cm³/mol. The van der Waals surface area contributed by atoms with Crippen LogP contribution in [0.25, 0.3) is 0 Å². The third-order valence-corrected chi connectivity index (χ3v) is 2.99. The SMILES string of the molecule is CC(C)(O)c1cccc(C(=O)NCc2ccccn2)c1. The van der Waals surface area contributed by atoms with Gasteiger partial charge in [0.2, 0.25) is 0 Å². The van der Waals surface area contributed by atoms with Crippen molar-refractivity contribution in [3.63, 3.8) is 0 Å². The van der Waals surface area contributed by atoms with Crippen molar-refractivity contribution >= 4 is 5.91 Å². The molecule has 104 valence electrons. The molecule has 20 heavy (non-hydrogen) atoms. The summed E-state index contributed by atoms with van der Waals surface area (Å²) in [5.41, 5.74) is 1.08. The molecule has 0 unspecified atom stereocenters. The minimum Gasteiger partial charge on any atom is -0.386 e. The Hall–Kier alpha value is -2.20. The molecule has 0 spiro atoms. The Morgan fingerprint density at radius 2 is 2.05 bits per heavy atom. The van der Waals surface area contributed by atoms with E-state index in [1.165, 1.54) is 0 Å². The van der Waals surface area contributed by atoms with Crippen LogP contribution in [-0.2, 0) is 12.1 Å². The molecular formula is C16H18N2O2. The highest BCUT2D eigenvalue weighted by molar-refractivity contribution is 5.94. The van der Waals surface area contributed by atoms with Gasteiger partial charge in [-0.25, -0.2) is 0 Å². The highest BCUT2D eigenvalue weighted by atomic mass is 16.3. The van der Waals surface area contributed by atoms with Crippen molar-refractivity contribution in [1.29, 1.82) is 0 Å². The summed E-state index contributed by atoms with van der Waals surface area (Å²) < 4.78 is 0. The Labute approximate surface area is 118 Å². The number of rotatable bonds is 4. The highest BCUT2D eigenvalue weighted by Gasteiger charge is 2.17. The summed E-state index contributed by atoms with van der Waals surface area (Å²) in [5.74, 6) is -0.179. The van der Waals surface area contributed by atoms with Gasteiger partial charge in [0.1, 0.15) is 0 Å². The van der Waals surface area contributed by atoms with Gasteiger partial charge in [0.05, 0.1) is 17.8 Å². The summed E-state index contributed by atoms with van der Waals surface area (Å²) in [6.45, 7) is 3.77. The number of carbonyl (C=O) groups is 1. The summed E-state index contributed by atoms with van der Waals surface area (Å²) in [5, 5.41) is 12.8. The maximum Gasteiger partial charge on any atom is 0.251 e. The molecule has 2 rings (SSSR count). The number of amides is 1. The molecule has 1 aromatic heterocycles. The van der Waals surface area contributed by atoms with Crippen LogP contribution in [0.3, 0.4) is 0 Å². The van der Waals surface area contributed by atoms with E-state index in [-0.39, 0.29) is 5.91 Å². The van der Waals surface area contributed by atoms with Gasteiger partial charge >= 0.3 is 0 Å². The van der Waals surface area contributed by atoms with Gasteiger partial charge in [-0.3, -0.25) is 9.78 Å². The number of hydrogen-bond donors (Lipinski definition) is 2. The van der Waals surface area contributed by atoms with E-state index >= 15 is 0 Å². The summed E-state index contributed by atoms with van der Waals surface area (Å²) in [6.07, 6.45) is 1.69. The second-order valence-corrected chi connectivity index (χ2v) is 5.14. The van der Waals surface area contributed by atoms with Gasteiger partial charge in [-0.2, -0.15) is 0 Å². The Kier molecular flexibility index (Phi) is 4.15. The van der Waals surface area contributed by atoms with Crippen molar-refractivity contribution in [3.05, 3.63) is 65.5 Å². The zero-order valence-electron chi connectivity index (χ0n) is 11.6. The minimum absolute atomic E-state index is 0.179. The van der Waals surface area contributed by atoms with Gasteiger partial charge in [-0.1, -0.05) is 18.2 Å². The molecule has 1 aromatic carbocycles. The van der Waals surface area contributed by atoms with Crippen LogP contribution in [0.2, 0.25) is 0 Å². The van der Waals surface area contributed by atoms with Crippen LogP contribution in [0.5, 0.6) is 0 Å². The molecule has 0 saturated heterocycles. The Bertz CT molecular complexity index is 589. The maximum absolute atomic E-state index is 12.1. The quantitative estimate of drug-likeness (QED) is 0.895. The third-order valence-electron chi connectivity index (χ3n) is 2.99. The first-order valence-electron chi connectivity index (χ1n) is 6.48. The van der Waals surface area contributed by atoms with Crippen molar-refractivity contribution < 1.29 is 9.90 Å². The van der Waals surface area contributed by atoms with E-state index in [2.05, 4.69) is 10.3 Å². The average Bonchev–Trinajstić information content (AvgIpc) is 2.45. The Balaban J connectivity index is 2.06. The Morgan fingerprint density at radius 3 is 2.70 bits per heavy atom. The predicted octanol–water partition coefficient (Wildman–Crippen LogP) is 2.24. The molecule has 4 nitrogen and oxygen atoms in total. The van der Waals surface area contributed by atoms with Crippen LogP contribution in [0.1, 0.15) is 35.5 Å². The smallest absolute Gasteiger partial charge is 0.251 e. The van der Waals surface area contributed by atoms with Crippen LogP contribution in [0.15, 0.2) is 48.7 Å². The number of nitrogens with zero attached hydrogens (tertiary/aromatic N) is 1. The molecule has 1 amide bonds. The maximum atomic E-state index is 12.1. The van der Waals surface area contributed by atoms with Gasteiger partial charge < -0.3 is 10.4 Å². The topological polar surface area (TPSA) is 62.2 Å². The lowest BCUT2D eigenvalue weighted by atomic mass is 9.96. The molecule has 0 fully saturated rings. The van der Waals surface area contributed by atoms with E-state index in [1.807, 2.05) is 18.2 Å². The molecule has 2 N–H and O–H groups in total. The van der Waals surface area contributed by atoms with Crippen molar-refractivity contribution in [1.82, 2.24) is 10.3 Å². The van der Waals surface area contributed by atoms with Gasteiger partial charge in [0.25, 0.3) is 5.91 Å². The van der Waals surface area contributed by atoms with E-state index in [9.17, 15) is 9.90 Å². The van der Waals surface area contributed by atoms with Gasteiger partial charge in [0.15, 0.2) is 0 Å². The fourth-order valence-corrected chi connectivity index (χ4v) is 1.82. The van der Waals surface area contributed by atoms with Crippen LogP contribution < -0.4 is 5.32 Å². The fourth-order valence-electron chi connectivity index (χ4n) is 1.82. The number of carbonyl (C=O) groups excluding carboxylic acids is 1. The third kappa shape index (κ3) is 3.65. The van der Waals surface area contributed by atoms with E-state index in [1.54, 1.807) is 44.3 Å². The molecule has 1 heterocycles. The summed E-state index contributed by atoms with van der Waals surface area (Å²) in [4.78, 5) is 16.2. The van der Waals surface area contributed by atoms with Crippen molar-refractivity contribution in [2.45, 2.75) is 26.0 Å². The van der Waals surface area contributed by atoms with Gasteiger partial charge in [0, 0.05) is 11.8 Å². The number of aliphatic hydroxyl groups is 1. The van der Waals surface area contributed by atoms with E-state index in [4.69, 9.17) is 0 Å². The number of nitrogens with one attached hydrogen (secondary N) is 1. The molecule has 2 aromatic rings. The van der Waals surface area contributed by atoms with Crippen LogP contribution in [-0.4, -0.2) is 16.0 Å². The van der Waals surface area contributed by atoms with E-state index in [0.29, 0.717) is 17.7 Å². The first-order valence-corrected chi connectivity index (χ1v) is 6.48. The van der Waals surface area contributed by atoms with Gasteiger partial charge in [-0.05, 0) is 43.7 Å². The number of aromatic nitrogens is 1. The molecule has 0 aliphatic rings. The second-order valence-electron chi connectivity index (χ2n) is 5.14. The number of hydrogen-bond acceptors (Lipinski definition) is 3. The second kappa shape index (κ2) is 5.84. The Morgan fingerprint density at radius 1 is 1.25 bits per heavy atom. The van der Waals surface area contributed by atoms with Crippen LogP contribution in [0.4, 0.5) is 0 Å². The molecule has 0 aliphatic heterocycles. The molecule has 0 atom stereocenters. The lowest BCUT2D eigenvalue weighted by molar-refractivity contribution is 0.0784. The standard InChI is InChI=1S/C16H18N2O2/c1-16(2,20)13-7-5-6-12(10-13)15(19)18-11-14-8-3-4-9-17-14/h3-10,20H,11H2,1-2H3,(H,18,19). The first kappa shape index (κ1) is 14.2. The number of pyridine rings is 1. The monoisotopic (exact) mass is 270 g/mol. The molecule has 0 bridgehead atoms. The average molecular weight is 270 g/mol. The molecule has 0 saturated carbocycles. The zero-order chi connectivity index (χ0) is 14.6. The fraction of sp³-hybridized carbons (Fsp3) is 0.250. The summed E-state index contributed by atoms with van der Waals surface area (Å²) in [6, 6.07) is 12.6. The number of benzene rings is 1. The lowest BCUT2D eigenvalue weighted by Gasteiger charge is -2.18. The van der Waals surface area contributed by atoms with Crippen molar-refractivity contribution in [2.24, 2.45) is 0 Å². The van der Waals surface area contributed by atoms with Gasteiger partial charge in [-0.15, -0.1) is 0 Å². The summed E-state index contributed by atoms with van der Waals surface area (Å²) in [7, 11) is 0. The largest absolute Gasteiger partial charge is 0.386 e. The van der Waals surface area contributed by atoms with E-state index < -0.39 is 5.60 Å². The lowest BCUT2D eigenvalue weighted by Crippen LogP contribution is -2.24. The van der Waals surface area contributed by atoms with Crippen LogP contribution in [0, 0.1) is 0 Å².